The van der Waals surface area contributed by atoms with Crippen molar-refractivity contribution in [2.24, 2.45) is 0 Å². The van der Waals surface area contributed by atoms with Gasteiger partial charge in [-0.2, -0.15) is 0 Å². The minimum atomic E-state index is -0.389. The summed E-state index contributed by atoms with van der Waals surface area (Å²) in [4.78, 5) is 26.2. The van der Waals surface area contributed by atoms with Crippen molar-refractivity contribution in [3.8, 4) is 0 Å². The molecule has 1 heterocycles. The topological polar surface area (TPSA) is 49.4 Å². The number of carbonyl (C=O) groups excluding carboxylic acids is 2. The van der Waals surface area contributed by atoms with Crippen molar-refractivity contribution >= 4 is 11.7 Å². The van der Waals surface area contributed by atoms with Crippen molar-refractivity contribution in [3.05, 3.63) is 34.9 Å². The lowest BCUT2D eigenvalue weighted by Gasteiger charge is -2.19. The normalized spacial score (nSPS) is 16.0. The van der Waals surface area contributed by atoms with E-state index in [0.717, 1.165) is 30.6 Å². The zero-order chi connectivity index (χ0) is 13.8. The minimum absolute atomic E-state index is 0.379. The van der Waals surface area contributed by atoms with Gasteiger partial charge in [0.05, 0.1) is 0 Å². The van der Waals surface area contributed by atoms with Gasteiger partial charge in [0.2, 0.25) is 0 Å². The van der Waals surface area contributed by atoms with E-state index < -0.39 is 0 Å². The number of nitrogens with one attached hydrogen (secondary N) is 1. The van der Waals surface area contributed by atoms with Gasteiger partial charge in [-0.3, -0.25) is 9.59 Å². The van der Waals surface area contributed by atoms with Crippen LogP contribution in [0.1, 0.15) is 27.9 Å². The Kier molecular flexibility index (Phi) is 4.32. The maximum absolute atomic E-state index is 12.3. The highest BCUT2D eigenvalue weighted by Gasteiger charge is 2.24. The second-order valence-electron chi connectivity index (χ2n) is 5.04. The van der Waals surface area contributed by atoms with Crippen LogP contribution in [-0.2, 0) is 4.79 Å². The standard InChI is InChI=1S/C15H20N2O2/c1-11-4-5-13(12(2)10-11)14(18)15(19)17-8-3-6-16-7-9-17/h4-5,10,16H,3,6-9H2,1-2H3. The van der Waals surface area contributed by atoms with E-state index in [4.69, 9.17) is 0 Å². The molecule has 0 unspecified atom stereocenters. The van der Waals surface area contributed by atoms with E-state index in [9.17, 15) is 9.59 Å². The van der Waals surface area contributed by atoms with Crippen LogP contribution in [0.25, 0.3) is 0 Å². The molecule has 2 rings (SSSR count). The zero-order valence-electron chi connectivity index (χ0n) is 11.5. The van der Waals surface area contributed by atoms with Gasteiger partial charge in [0, 0.05) is 25.2 Å². The first-order chi connectivity index (χ1) is 9.09. The lowest BCUT2D eigenvalue weighted by Crippen LogP contribution is -2.39. The Labute approximate surface area is 113 Å². The Hall–Kier alpha value is -1.68. The molecule has 1 N–H and O–H groups in total. The third kappa shape index (κ3) is 3.20. The number of carbonyl (C=O) groups is 2. The van der Waals surface area contributed by atoms with Crippen molar-refractivity contribution in [2.45, 2.75) is 20.3 Å². The largest absolute Gasteiger partial charge is 0.334 e. The molecule has 0 aliphatic carbocycles. The highest BCUT2D eigenvalue weighted by Crippen LogP contribution is 2.13. The number of ketones is 1. The summed E-state index contributed by atoms with van der Waals surface area (Å²) in [6.45, 7) is 6.77. The van der Waals surface area contributed by atoms with Gasteiger partial charge in [0.15, 0.2) is 0 Å². The maximum atomic E-state index is 12.3. The maximum Gasteiger partial charge on any atom is 0.295 e. The number of aryl methyl sites for hydroxylation is 2. The fourth-order valence-corrected chi connectivity index (χ4v) is 2.38. The molecule has 1 saturated heterocycles. The van der Waals surface area contributed by atoms with E-state index in [0.29, 0.717) is 18.7 Å². The summed E-state index contributed by atoms with van der Waals surface area (Å²) in [6.07, 6.45) is 0.895. The molecular weight excluding hydrogens is 240 g/mol. The number of benzene rings is 1. The summed E-state index contributed by atoms with van der Waals surface area (Å²) < 4.78 is 0. The molecule has 1 fully saturated rings. The first kappa shape index (κ1) is 13.7. The molecule has 0 bridgehead atoms. The van der Waals surface area contributed by atoms with Crippen LogP contribution in [0.3, 0.4) is 0 Å². The van der Waals surface area contributed by atoms with Crippen molar-refractivity contribution < 1.29 is 9.59 Å². The number of rotatable bonds is 2. The molecule has 0 atom stereocenters. The van der Waals surface area contributed by atoms with Gasteiger partial charge >= 0.3 is 0 Å². The van der Waals surface area contributed by atoms with E-state index in [-0.39, 0.29) is 11.7 Å². The van der Waals surface area contributed by atoms with E-state index >= 15 is 0 Å². The van der Waals surface area contributed by atoms with Crippen LogP contribution in [-0.4, -0.2) is 42.8 Å². The van der Waals surface area contributed by atoms with Gasteiger partial charge in [0.25, 0.3) is 11.7 Å². The SMILES string of the molecule is Cc1ccc(C(=O)C(=O)N2CCCNCC2)c(C)c1. The van der Waals surface area contributed by atoms with E-state index in [1.54, 1.807) is 11.0 Å². The molecule has 4 heteroatoms. The predicted octanol–water partition coefficient (Wildman–Crippen LogP) is 1.31. The van der Waals surface area contributed by atoms with Crippen molar-refractivity contribution in [3.63, 3.8) is 0 Å². The molecule has 1 aromatic rings. The van der Waals surface area contributed by atoms with Gasteiger partial charge in [-0.25, -0.2) is 0 Å². The van der Waals surface area contributed by atoms with Gasteiger partial charge in [-0.15, -0.1) is 0 Å². The fourth-order valence-electron chi connectivity index (χ4n) is 2.38. The molecule has 102 valence electrons. The van der Waals surface area contributed by atoms with Gasteiger partial charge in [0.1, 0.15) is 0 Å². The number of hydrogen-bond donors (Lipinski definition) is 1. The predicted molar refractivity (Wildman–Crippen MR) is 74.3 cm³/mol. The Balaban J connectivity index is 2.16. The smallest absolute Gasteiger partial charge is 0.295 e. The van der Waals surface area contributed by atoms with Crippen LogP contribution in [0.5, 0.6) is 0 Å². The third-order valence-corrected chi connectivity index (χ3v) is 3.45. The molecule has 1 aliphatic rings. The highest BCUT2D eigenvalue weighted by molar-refractivity contribution is 6.43. The lowest BCUT2D eigenvalue weighted by molar-refractivity contribution is -0.126. The first-order valence-corrected chi connectivity index (χ1v) is 6.71. The third-order valence-electron chi connectivity index (χ3n) is 3.45. The Morgan fingerprint density at radius 3 is 2.68 bits per heavy atom. The average Bonchev–Trinajstić information content (AvgIpc) is 2.66. The Morgan fingerprint density at radius 2 is 1.95 bits per heavy atom. The number of Topliss-reactive ketones (excluding diaryl/α,β-unsaturated/α-hetero) is 1. The average molecular weight is 260 g/mol. The molecule has 1 aliphatic heterocycles. The van der Waals surface area contributed by atoms with Crippen LogP contribution in [0.15, 0.2) is 18.2 Å². The van der Waals surface area contributed by atoms with Crippen molar-refractivity contribution in [2.75, 3.05) is 26.2 Å². The summed E-state index contributed by atoms with van der Waals surface area (Å²) >= 11 is 0. The highest BCUT2D eigenvalue weighted by atomic mass is 16.2. The van der Waals surface area contributed by atoms with Crippen molar-refractivity contribution in [1.29, 1.82) is 0 Å². The molecule has 0 aromatic heterocycles. The Morgan fingerprint density at radius 1 is 1.16 bits per heavy atom. The number of hydrogen-bond acceptors (Lipinski definition) is 3. The van der Waals surface area contributed by atoms with E-state index in [1.165, 1.54) is 0 Å². The minimum Gasteiger partial charge on any atom is -0.334 e. The quantitative estimate of drug-likeness (QED) is 0.644. The van der Waals surface area contributed by atoms with Crippen LogP contribution in [0.2, 0.25) is 0 Å². The van der Waals surface area contributed by atoms with E-state index in [2.05, 4.69) is 5.32 Å². The summed E-state index contributed by atoms with van der Waals surface area (Å²) in [5.74, 6) is -0.768. The summed E-state index contributed by atoms with van der Waals surface area (Å²) in [7, 11) is 0. The summed E-state index contributed by atoms with van der Waals surface area (Å²) in [6, 6.07) is 5.56. The molecule has 1 amide bonds. The van der Waals surface area contributed by atoms with Crippen LogP contribution >= 0.6 is 0 Å². The van der Waals surface area contributed by atoms with Crippen LogP contribution in [0, 0.1) is 13.8 Å². The molecule has 0 spiro atoms. The van der Waals surface area contributed by atoms with Crippen molar-refractivity contribution in [1.82, 2.24) is 10.2 Å². The second-order valence-corrected chi connectivity index (χ2v) is 5.04. The number of amides is 1. The van der Waals surface area contributed by atoms with E-state index in [1.807, 2.05) is 26.0 Å². The van der Waals surface area contributed by atoms with Gasteiger partial charge < -0.3 is 10.2 Å². The Bertz CT molecular complexity index is 489. The monoisotopic (exact) mass is 260 g/mol. The fraction of sp³-hybridized carbons (Fsp3) is 0.467. The van der Waals surface area contributed by atoms with Gasteiger partial charge in [-0.1, -0.05) is 23.8 Å². The number of nitrogens with zero attached hydrogens (tertiary/aromatic N) is 1. The second kappa shape index (κ2) is 5.97. The molecule has 4 nitrogen and oxygen atoms in total. The first-order valence-electron chi connectivity index (χ1n) is 6.71. The summed E-state index contributed by atoms with van der Waals surface area (Å²) in [5.41, 5.74) is 2.49. The molecule has 0 radical (unpaired) electrons. The molecule has 19 heavy (non-hydrogen) atoms. The van der Waals surface area contributed by atoms with Gasteiger partial charge in [-0.05, 0) is 32.4 Å². The zero-order valence-corrected chi connectivity index (χ0v) is 11.5. The van der Waals surface area contributed by atoms with Crippen LogP contribution in [0.4, 0.5) is 0 Å². The molecule has 0 saturated carbocycles. The van der Waals surface area contributed by atoms with Crippen LogP contribution < -0.4 is 5.32 Å². The lowest BCUT2D eigenvalue weighted by atomic mass is 10.0. The molecular formula is C15H20N2O2. The molecule has 1 aromatic carbocycles. The summed E-state index contributed by atoms with van der Waals surface area (Å²) in [5, 5.41) is 3.22.